The summed E-state index contributed by atoms with van der Waals surface area (Å²) in [4.78, 5) is 0. The summed E-state index contributed by atoms with van der Waals surface area (Å²) in [5.74, 6) is 0. The summed E-state index contributed by atoms with van der Waals surface area (Å²) in [6.45, 7) is -3.28. The Bertz CT molecular complexity index is 1890. The molecule has 0 amide bonds. The van der Waals surface area contributed by atoms with Crippen molar-refractivity contribution in [3.05, 3.63) is 0 Å². The Labute approximate surface area is 730 Å². The molecule has 15 atom stereocenters. The first kappa shape index (κ1) is 112. The summed E-state index contributed by atoms with van der Waals surface area (Å²) in [6, 6.07) is 0. The zero-order chi connectivity index (χ0) is 55.4. The second-order valence-electron chi connectivity index (χ2n) is 12.0. The molecule has 66 heteroatoms. The van der Waals surface area contributed by atoms with Crippen molar-refractivity contribution < 1.29 is 507 Å². The van der Waals surface area contributed by atoms with Crippen LogP contribution >= 0.6 is 86.3 Å². The van der Waals surface area contributed by atoms with E-state index in [0.29, 0.717) is 0 Å². The molecule has 85 heavy (non-hydrogen) atoms. The van der Waals surface area contributed by atoms with E-state index in [-0.39, 0.29) is 345 Å². The van der Waals surface area contributed by atoms with Crippen LogP contribution in [0, 0.1) is 0 Å². The third-order valence-corrected chi connectivity index (χ3v) is 12.2. The minimum atomic E-state index is -6.10. The molecule has 3 aliphatic rings. The van der Waals surface area contributed by atoms with Crippen molar-refractivity contribution in [1.29, 1.82) is 0 Å². The second-order valence-corrected chi connectivity index (χ2v) is 18.4. The van der Waals surface area contributed by atoms with Crippen LogP contribution in [0.5, 0.6) is 0 Å². The van der Waals surface area contributed by atoms with Crippen LogP contribution in [0.3, 0.4) is 0 Å². The van der Waals surface area contributed by atoms with Gasteiger partial charge in [0.1, 0.15) is 54.9 Å². The molecule has 0 saturated carbocycles. The number of methoxy groups -OCH3 is 1. The van der Waals surface area contributed by atoms with E-state index in [1.165, 1.54) is 0 Å². The summed E-state index contributed by atoms with van der Waals surface area (Å²) in [7, 11) is -17.4. The van der Waals surface area contributed by atoms with Gasteiger partial charge < -0.3 is 78.9 Å². The maximum Gasteiger partial charge on any atom is 1.00 e. The van der Waals surface area contributed by atoms with Gasteiger partial charge in [-0.1, -0.05) is 0 Å². The van der Waals surface area contributed by atoms with Crippen LogP contribution in [0.25, 0.3) is 0 Å². The van der Waals surface area contributed by atoms with Gasteiger partial charge in [0.05, 0.1) is 19.8 Å². The average molecular weight is 1540 g/mol. The van der Waals surface area contributed by atoms with Crippen molar-refractivity contribution in [3.63, 3.8) is 0 Å². The number of hydrogen-bond donors (Lipinski definition) is 0. The molecule has 6 unspecified atom stereocenters. The summed E-state index contributed by atoms with van der Waals surface area (Å²) in [6.07, 6.45) is -35.1. The zero-order valence-electron chi connectivity index (χ0n) is 44.6. The molecule has 0 aromatic heterocycles. The van der Waals surface area contributed by atoms with Crippen molar-refractivity contribution >= 4 is 117 Å². The van der Waals surface area contributed by atoms with Crippen LogP contribution in [0.1, 0.15) is 0 Å². The Kier molecular flexibility index (Phi) is 84.4. The first-order valence-corrected chi connectivity index (χ1v) is 26.1. The fraction of sp³-hybridized carbons (Fsp3) is 1.00. The molecular formula is C19H24Na10O46S10. The molecular weight excluding hydrogens is 1510 g/mol. The van der Waals surface area contributed by atoms with Gasteiger partial charge in [0, 0.05) is 7.11 Å². The van der Waals surface area contributed by atoms with Gasteiger partial charge in [-0.3, -0.25) is 77.1 Å². The van der Waals surface area contributed by atoms with Crippen molar-refractivity contribution in [2.24, 2.45) is 0 Å². The molecule has 0 aromatic rings. The van der Waals surface area contributed by atoms with E-state index in [4.69, 9.17) is 57.7 Å². The summed E-state index contributed by atoms with van der Waals surface area (Å²) < 4.78 is 221. The van der Waals surface area contributed by atoms with Crippen LogP contribution in [0.15, 0.2) is 0 Å². The molecule has 0 bridgehead atoms. The van der Waals surface area contributed by atoms with E-state index in [2.05, 4.69) is 78.2 Å². The zero-order valence-corrected chi connectivity index (χ0v) is 72.8. The van der Waals surface area contributed by atoms with Gasteiger partial charge in [0.2, 0.25) is 31.2 Å². The van der Waals surface area contributed by atoms with Crippen LogP contribution in [-0.2, 0) is 167 Å². The molecule has 3 rings (SSSR count). The first-order chi connectivity index (χ1) is 35.8. The fourth-order valence-corrected chi connectivity index (χ4v) is 9.66. The largest absolute Gasteiger partial charge is 1.00 e. The molecule has 3 saturated heterocycles. The molecule has 446 valence electrons. The average Bonchev–Trinajstić information content (AvgIpc) is 3.34. The van der Waals surface area contributed by atoms with Gasteiger partial charge in [-0.15, -0.1) is 30.3 Å². The third-order valence-electron chi connectivity index (χ3n) is 8.11. The number of hydrogen-bond acceptors (Lipinski definition) is 53. The maximum atomic E-state index is 12.2. The molecule has 0 spiro atoms. The van der Waals surface area contributed by atoms with Crippen molar-refractivity contribution in [1.82, 2.24) is 0 Å². The minimum Gasteiger partial charge on any atom is -0.726 e. The van der Waals surface area contributed by atoms with Gasteiger partial charge in [-0.25, -0.2) is 25.3 Å². The smallest absolute Gasteiger partial charge is 0.726 e. The van der Waals surface area contributed by atoms with Crippen LogP contribution < -0.4 is 332 Å². The Morgan fingerprint density at radius 2 is 0.600 bits per heavy atom. The number of ether oxygens (including phenoxy) is 6. The van der Waals surface area contributed by atoms with E-state index < -0.39 is 180 Å². The van der Waals surface area contributed by atoms with Crippen molar-refractivity contribution in [2.45, 2.75) is 92.1 Å². The van der Waals surface area contributed by atoms with Gasteiger partial charge >= 0.3 is 296 Å². The second kappa shape index (κ2) is 64.3. The Morgan fingerprint density at radius 3 is 0.918 bits per heavy atom. The summed E-state index contributed by atoms with van der Waals surface area (Å²) in [5.41, 5.74) is 0. The van der Waals surface area contributed by atoms with Gasteiger partial charge in [0.15, 0.2) is 123 Å². The Balaban J connectivity index is -0.000000988. The van der Waals surface area contributed by atoms with Gasteiger partial charge in [-0.2, -0.15) is 0 Å². The monoisotopic (exact) mass is 1540 g/mol. The predicted octanol–water partition coefficient (Wildman–Crippen LogP) is -39.7. The van der Waals surface area contributed by atoms with E-state index in [1.54, 1.807) is 0 Å². The molecule has 0 radical (unpaired) electrons. The van der Waals surface area contributed by atoms with E-state index in [0.717, 1.165) is 7.11 Å². The SMILES string of the molecule is CO[C@@H]1OC(CO[C@@H]2OC(COSOO[O-])[C@H](OSOO[O-])[C@H](OSOO[O-])C2OS(=O)(=O)[O-])[C@H](OSOO[O-])[C@H](O[C@@H]2OC(COSOO[O-])[C@H](OSOO[O-])[C@H](OSOO[O-])C2OS(=O)(=O)[O-])C1OS(=O)(=O)[O-].[Na+].[Na+].[Na+].[Na+].[Na+].[Na+].[Na+].[Na+].[Na+].[Na+]. The fourth-order valence-electron chi connectivity index (χ4n) is 5.87. The Hall–Kier alpha value is 10.7. The summed E-state index contributed by atoms with van der Waals surface area (Å²) >= 11 is -2.49. The van der Waals surface area contributed by atoms with Crippen LogP contribution in [0.2, 0.25) is 0 Å². The molecule has 0 aromatic carbocycles. The van der Waals surface area contributed by atoms with Gasteiger partial charge in [0.25, 0.3) is 0 Å². The Morgan fingerprint density at radius 1 is 0.341 bits per heavy atom. The van der Waals surface area contributed by atoms with Crippen molar-refractivity contribution in [2.75, 3.05) is 26.9 Å². The molecule has 0 N–H and O–H groups in total. The topological polar surface area (TPSA) is 610 Å². The standard InChI is InChI=1S/C19H34O46S10.10Na/c1-36-17-14(49-73(27,28)29)11(43-19-16(51-75(33,34)35)13(48-72-65-58-26)10(46-70-63-56-24)7(42-19)4-39-67-60-53-21)8(44-68-61-54-22)5(40-17)2-37-18-15(50-74(30,31)32)12(47-71-64-57-25)9(45-69-62-55-23)6(41-18)3-38-66-59-52-20;;;;;;;;;;/h5-26H,2-4H2,1H3,(H,27,28,29)(H,30,31,32)(H,33,34,35);;;;;;;;;;/q;10*+1/p-10/t5?,6?,7?,8-,9-,10-,11-,12-,13-,14?,15?,16?,17+,18+,19-;;;;;;;;;;/m0........../s1. The maximum absolute atomic E-state index is 12.2. The minimum absolute atomic E-state index is 0. The van der Waals surface area contributed by atoms with Crippen molar-refractivity contribution in [3.8, 4) is 0 Å². The molecule has 3 fully saturated rings. The molecule has 0 aliphatic carbocycles. The molecule has 46 nitrogen and oxygen atoms in total. The van der Waals surface area contributed by atoms with E-state index in [1.807, 2.05) is 0 Å². The van der Waals surface area contributed by atoms with Crippen LogP contribution in [-0.4, -0.2) is 158 Å². The van der Waals surface area contributed by atoms with Crippen LogP contribution in [0.4, 0.5) is 0 Å². The molecule has 3 heterocycles. The summed E-state index contributed by atoms with van der Waals surface area (Å²) in [5, 5.41) is 95.9. The number of rotatable bonds is 42. The first-order valence-electron chi connectivity index (χ1n) is 17.4. The van der Waals surface area contributed by atoms with E-state index in [9.17, 15) is 75.7 Å². The van der Waals surface area contributed by atoms with E-state index >= 15 is 0 Å². The normalized spacial score (nSPS) is 27.4. The van der Waals surface area contributed by atoms with Gasteiger partial charge in [-0.05, 0) is 0 Å². The molecule has 3 aliphatic heterocycles. The predicted molar refractivity (Wildman–Crippen MR) is 192 cm³/mol. The third kappa shape index (κ3) is 45.5. The quantitative estimate of drug-likeness (QED) is 0.0104.